The molecule has 1 aromatic carbocycles. The Balaban J connectivity index is 2.74. The second kappa shape index (κ2) is 6.36. The Morgan fingerprint density at radius 1 is 1.47 bits per heavy atom. The number of hydrogen-bond donors (Lipinski definition) is 1. The van der Waals surface area contributed by atoms with Crippen LogP contribution in [0.1, 0.15) is 13.8 Å². The van der Waals surface area contributed by atoms with Crippen LogP contribution in [-0.4, -0.2) is 13.7 Å². The Hall–Kier alpha value is -1.40. The topological polar surface area (TPSA) is 45.0 Å². The summed E-state index contributed by atoms with van der Waals surface area (Å²) in [4.78, 5) is 0. The molecule has 1 aromatic rings. The number of anilines is 1. The number of nitrogens with zero attached hydrogens (tertiary/aromatic N) is 1. The summed E-state index contributed by atoms with van der Waals surface area (Å²) in [5.41, 5.74) is 0.820. The highest BCUT2D eigenvalue weighted by Crippen LogP contribution is 2.28. The van der Waals surface area contributed by atoms with Gasteiger partial charge in [0.1, 0.15) is 5.75 Å². The number of halogens is 1. The molecule has 0 bridgehead atoms. The lowest BCUT2D eigenvalue weighted by atomic mass is 9.97. The summed E-state index contributed by atoms with van der Waals surface area (Å²) < 4.78 is 5.22. The molecule has 3 nitrogen and oxygen atoms in total. The zero-order valence-electron chi connectivity index (χ0n) is 10.3. The molecule has 92 valence electrons. The Labute approximate surface area is 107 Å². The molecule has 0 amide bonds. The quantitative estimate of drug-likeness (QED) is 0.872. The van der Waals surface area contributed by atoms with E-state index in [-0.39, 0.29) is 5.92 Å². The van der Waals surface area contributed by atoms with Crippen LogP contribution in [0.5, 0.6) is 5.75 Å². The summed E-state index contributed by atoms with van der Waals surface area (Å²) in [7, 11) is 1.61. The molecule has 0 aromatic heterocycles. The molecule has 1 atom stereocenters. The van der Waals surface area contributed by atoms with E-state index >= 15 is 0 Å². The van der Waals surface area contributed by atoms with Crippen molar-refractivity contribution in [3.8, 4) is 11.8 Å². The van der Waals surface area contributed by atoms with E-state index in [1.807, 2.05) is 13.8 Å². The van der Waals surface area contributed by atoms with E-state index in [9.17, 15) is 0 Å². The van der Waals surface area contributed by atoms with Crippen molar-refractivity contribution in [2.75, 3.05) is 19.0 Å². The molecule has 0 heterocycles. The average molecular weight is 253 g/mol. The second-order valence-electron chi connectivity index (χ2n) is 4.21. The van der Waals surface area contributed by atoms with Crippen LogP contribution in [0.3, 0.4) is 0 Å². The molecule has 0 saturated carbocycles. The third kappa shape index (κ3) is 3.83. The number of benzene rings is 1. The number of hydrogen-bond acceptors (Lipinski definition) is 3. The summed E-state index contributed by atoms with van der Waals surface area (Å²) >= 11 is 5.92. The van der Waals surface area contributed by atoms with Crippen molar-refractivity contribution < 1.29 is 4.74 Å². The standard InChI is InChI=1S/C13H17ClN2O/c1-9(2)10(7-15)8-16-12-6-11(14)4-5-13(12)17-3/h4-6,9-10,16H,8H2,1-3H3. The fraction of sp³-hybridized carbons (Fsp3) is 0.462. The molecular weight excluding hydrogens is 236 g/mol. The van der Waals surface area contributed by atoms with Crippen LogP contribution in [0, 0.1) is 23.2 Å². The lowest BCUT2D eigenvalue weighted by molar-refractivity contribution is 0.415. The van der Waals surface area contributed by atoms with Gasteiger partial charge in [-0.25, -0.2) is 0 Å². The van der Waals surface area contributed by atoms with Crippen LogP contribution in [0.2, 0.25) is 5.02 Å². The van der Waals surface area contributed by atoms with E-state index in [0.717, 1.165) is 11.4 Å². The molecule has 0 aliphatic carbocycles. The Morgan fingerprint density at radius 3 is 2.71 bits per heavy atom. The fourth-order valence-electron chi connectivity index (χ4n) is 1.47. The van der Waals surface area contributed by atoms with Gasteiger partial charge in [-0.3, -0.25) is 0 Å². The van der Waals surface area contributed by atoms with Crippen molar-refractivity contribution in [2.24, 2.45) is 11.8 Å². The van der Waals surface area contributed by atoms with E-state index < -0.39 is 0 Å². The van der Waals surface area contributed by atoms with E-state index in [1.165, 1.54) is 0 Å². The van der Waals surface area contributed by atoms with E-state index in [2.05, 4.69) is 11.4 Å². The first kappa shape index (κ1) is 13.7. The Morgan fingerprint density at radius 2 is 2.18 bits per heavy atom. The van der Waals surface area contributed by atoms with Gasteiger partial charge in [-0.15, -0.1) is 0 Å². The third-order valence-corrected chi connectivity index (χ3v) is 2.88. The van der Waals surface area contributed by atoms with Crippen molar-refractivity contribution in [3.63, 3.8) is 0 Å². The molecule has 1 unspecified atom stereocenters. The SMILES string of the molecule is COc1ccc(Cl)cc1NCC(C#N)C(C)C. The van der Waals surface area contributed by atoms with Crippen molar-refractivity contribution in [1.82, 2.24) is 0 Å². The minimum absolute atomic E-state index is 0.0290. The molecule has 0 radical (unpaired) electrons. The summed E-state index contributed by atoms with van der Waals surface area (Å²) in [5.74, 6) is 1.02. The van der Waals surface area contributed by atoms with Crippen LogP contribution in [0.25, 0.3) is 0 Å². The van der Waals surface area contributed by atoms with Gasteiger partial charge in [0.25, 0.3) is 0 Å². The highest BCUT2D eigenvalue weighted by Gasteiger charge is 2.13. The molecule has 0 fully saturated rings. The van der Waals surface area contributed by atoms with Gasteiger partial charge in [0.2, 0.25) is 0 Å². The molecule has 4 heteroatoms. The van der Waals surface area contributed by atoms with Gasteiger partial charge in [0.15, 0.2) is 0 Å². The van der Waals surface area contributed by atoms with Crippen LogP contribution >= 0.6 is 11.6 Å². The van der Waals surface area contributed by atoms with Gasteiger partial charge in [-0.05, 0) is 24.1 Å². The molecule has 0 aliphatic heterocycles. The Kier molecular flexibility index (Phi) is 5.11. The van der Waals surface area contributed by atoms with Crippen LogP contribution in [0.15, 0.2) is 18.2 Å². The second-order valence-corrected chi connectivity index (χ2v) is 4.64. The predicted octanol–water partition coefficient (Wildman–Crippen LogP) is 3.56. The number of rotatable bonds is 5. The van der Waals surface area contributed by atoms with Crippen molar-refractivity contribution >= 4 is 17.3 Å². The van der Waals surface area contributed by atoms with Gasteiger partial charge < -0.3 is 10.1 Å². The van der Waals surface area contributed by atoms with Crippen LogP contribution in [0.4, 0.5) is 5.69 Å². The molecule has 0 aliphatic rings. The van der Waals surface area contributed by atoms with Crippen molar-refractivity contribution in [3.05, 3.63) is 23.2 Å². The molecular formula is C13H17ClN2O. The summed E-state index contributed by atoms with van der Waals surface area (Å²) in [5, 5.41) is 12.9. The number of ether oxygens (including phenoxy) is 1. The lowest BCUT2D eigenvalue weighted by Crippen LogP contribution is -2.18. The minimum Gasteiger partial charge on any atom is -0.495 e. The maximum Gasteiger partial charge on any atom is 0.142 e. The predicted molar refractivity (Wildman–Crippen MR) is 70.4 cm³/mol. The highest BCUT2D eigenvalue weighted by molar-refractivity contribution is 6.30. The van der Waals surface area contributed by atoms with Gasteiger partial charge in [-0.2, -0.15) is 5.26 Å². The maximum absolute atomic E-state index is 9.01. The van der Waals surface area contributed by atoms with Crippen LogP contribution < -0.4 is 10.1 Å². The zero-order chi connectivity index (χ0) is 12.8. The molecule has 0 spiro atoms. The van der Waals surface area contributed by atoms with Crippen molar-refractivity contribution in [2.45, 2.75) is 13.8 Å². The van der Waals surface area contributed by atoms with Gasteiger partial charge in [0, 0.05) is 11.6 Å². The third-order valence-electron chi connectivity index (χ3n) is 2.64. The van der Waals surface area contributed by atoms with Gasteiger partial charge in [0.05, 0.1) is 24.8 Å². The lowest BCUT2D eigenvalue weighted by Gasteiger charge is -2.16. The van der Waals surface area contributed by atoms with Gasteiger partial charge >= 0.3 is 0 Å². The number of nitrogens with one attached hydrogen (secondary N) is 1. The smallest absolute Gasteiger partial charge is 0.142 e. The molecule has 1 N–H and O–H groups in total. The molecule has 1 rings (SSSR count). The zero-order valence-corrected chi connectivity index (χ0v) is 11.1. The maximum atomic E-state index is 9.01. The molecule has 17 heavy (non-hydrogen) atoms. The first-order valence-corrected chi connectivity index (χ1v) is 5.93. The van der Waals surface area contributed by atoms with E-state index in [1.54, 1.807) is 25.3 Å². The van der Waals surface area contributed by atoms with Gasteiger partial charge in [-0.1, -0.05) is 25.4 Å². The largest absolute Gasteiger partial charge is 0.495 e. The number of methoxy groups -OCH3 is 1. The first-order valence-electron chi connectivity index (χ1n) is 5.55. The summed E-state index contributed by atoms with van der Waals surface area (Å²) in [6, 6.07) is 7.67. The fourth-order valence-corrected chi connectivity index (χ4v) is 1.64. The monoisotopic (exact) mass is 252 g/mol. The molecule has 0 saturated heterocycles. The summed E-state index contributed by atoms with van der Waals surface area (Å²) in [6.45, 7) is 4.65. The minimum atomic E-state index is -0.0290. The average Bonchev–Trinajstić information content (AvgIpc) is 2.29. The van der Waals surface area contributed by atoms with Crippen LogP contribution in [-0.2, 0) is 0 Å². The normalized spacial score (nSPS) is 12.0. The van der Waals surface area contributed by atoms with Crippen molar-refractivity contribution in [1.29, 1.82) is 5.26 Å². The van der Waals surface area contributed by atoms with E-state index in [0.29, 0.717) is 17.5 Å². The first-order chi connectivity index (χ1) is 8.08. The highest BCUT2D eigenvalue weighted by atomic mass is 35.5. The Bertz CT molecular complexity index is 412. The van der Waals surface area contributed by atoms with E-state index in [4.69, 9.17) is 21.6 Å². The summed E-state index contributed by atoms with van der Waals surface area (Å²) in [6.07, 6.45) is 0. The number of nitriles is 1.